The van der Waals surface area contributed by atoms with E-state index in [9.17, 15) is 14.4 Å². The predicted octanol–water partition coefficient (Wildman–Crippen LogP) is 4.48. The Morgan fingerprint density at radius 3 is 2.58 bits per heavy atom. The lowest BCUT2D eigenvalue weighted by Gasteiger charge is -2.31. The van der Waals surface area contributed by atoms with E-state index in [1.165, 1.54) is 18.2 Å². The Hall–Kier alpha value is -2.52. The lowest BCUT2D eigenvalue weighted by Crippen LogP contribution is -2.44. The summed E-state index contributed by atoms with van der Waals surface area (Å²) in [6.07, 6.45) is 4.81. The SMILES string of the molecule is N#CC(=Cc1nc(Br)ccc1F)C(=O)NC1(c2ccccc2)CCCC1. The van der Waals surface area contributed by atoms with Crippen molar-refractivity contribution in [2.75, 3.05) is 0 Å². The molecule has 0 atom stereocenters. The van der Waals surface area contributed by atoms with Crippen LogP contribution in [-0.2, 0) is 10.3 Å². The van der Waals surface area contributed by atoms with Crippen LogP contribution in [0.4, 0.5) is 4.39 Å². The van der Waals surface area contributed by atoms with Crippen molar-refractivity contribution in [1.29, 1.82) is 5.26 Å². The van der Waals surface area contributed by atoms with Gasteiger partial charge in [-0.1, -0.05) is 43.2 Å². The first-order valence-corrected chi connectivity index (χ1v) is 9.15. The lowest BCUT2D eigenvalue weighted by atomic mass is 9.88. The molecule has 4 nitrogen and oxygen atoms in total. The number of nitrogens with zero attached hydrogens (tertiary/aromatic N) is 2. The molecule has 0 unspecified atom stereocenters. The average molecular weight is 414 g/mol. The monoisotopic (exact) mass is 413 g/mol. The first-order chi connectivity index (χ1) is 12.5. The van der Waals surface area contributed by atoms with Gasteiger partial charge < -0.3 is 5.32 Å². The molecule has 1 N–H and O–H groups in total. The van der Waals surface area contributed by atoms with Crippen LogP contribution in [0, 0.1) is 17.1 Å². The van der Waals surface area contributed by atoms with Gasteiger partial charge in [0.05, 0.1) is 5.54 Å². The highest BCUT2D eigenvalue weighted by Crippen LogP contribution is 2.38. The summed E-state index contributed by atoms with van der Waals surface area (Å²) in [5.74, 6) is -1.10. The fourth-order valence-electron chi connectivity index (χ4n) is 3.33. The van der Waals surface area contributed by atoms with E-state index in [0.29, 0.717) is 4.60 Å². The van der Waals surface area contributed by atoms with Crippen molar-refractivity contribution >= 4 is 27.9 Å². The molecule has 0 saturated heterocycles. The van der Waals surface area contributed by atoms with Gasteiger partial charge in [-0.2, -0.15) is 5.26 Å². The highest BCUT2D eigenvalue weighted by Gasteiger charge is 2.37. The van der Waals surface area contributed by atoms with E-state index in [-0.39, 0.29) is 11.3 Å². The summed E-state index contributed by atoms with van der Waals surface area (Å²) in [4.78, 5) is 16.7. The van der Waals surface area contributed by atoms with E-state index in [2.05, 4.69) is 26.2 Å². The summed E-state index contributed by atoms with van der Waals surface area (Å²) in [5.41, 5.74) is 0.315. The molecule has 0 spiro atoms. The zero-order valence-corrected chi connectivity index (χ0v) is 15.6. The Kier molecular flexibility index (Phi) is 5.48. The number of carbonyl (C=O) groups is 1. The molecule has 0 radical (unpaired) electrons. The summed E-state index contributed by atoms with van der Waals surface area (Å²) in [7, 11) is 0. The van der Waals surface area contributed by atoms with Crippen LogP contribution < -0.4 is 5.32 Å². The Bertz CT molecular complexity index is 884. The van der Waals surface area contributed by atoms with Gasteiger partial charge in [-0.15, -0.1) is 0 Å². The van der Waals surface area contributed by atoms with E-state index >= 15 is 0 Å². The van der Waals surface area contributed by atoms with Crippen molar-refractivity contribution in [2.24, 2.45) is 0 Å². The third-order valence-electron chi connectivity index (χ3n) is 4.62. The summed E-state index contributed by atoms with van der Waals surface area (Å²) in [5, 5.41) is 12.4. The Labute approximate surface area is 159 Å². The summed E-state index contributed by atoms with van der Waals surface area (Å²) in [6.45, 7) is 0. The molecular weight excluding hydrogens is 397 g/mol. The van der Waals surface area contributed by atoms with Gasteiger partial charge in [0.15, 0.2) is 0 Å². The van der Waals surface area contributed by atoms with E-state index in [1.54, 1.807) is 0 Å². The molecule has 1 amide bonds. The normalized spacial score (nSPS) is 16.1. The molecule has 1 fully saturated rings. The number of carbonyl (C=O) groups excluding carboxylic acids is 1. The van der Waals surface area contributed by atoms with E-state index in [1.807, 2.05) is 36.4 Å². The van der Waals surface area contributed by atoms with Crippen molar-refractivity contribution in [3.63, 3.8) is 0 Å². The molecule has 1 aliphatic rings. The van der Waals surface area contributed by atoms with Gasteiger partial charge in [-0.3, -0.25) is 4.79 Å². The minimum atomic E-state index is -0.590. The van der Waals surface area contributed by atoms with Gasteiger partial charge in [0, 0.05) is 0 Å². The minimum Gasteiger partial charge on any atom is -0.342 e. The van der Waals surface area contributed by atoms with Crippen molar-refractivity contribution in [3.8, 4) is 6.07 Å². The Morgan fingerprint density at radius 1 is 1.23 bits per heavy atom. The fraction of sp³-hybridized carbons (Fsp3) is 0.250. The van der Waals surface area contributed by atoms with Crippen molar-refractivity contribution in [2.45, 2.75) is 31.2 Å². The molecule has 3 rings (SSSR count). The van der Waals surface area contributed by atoms with Crippen LogP contribution in [0.5, 0.6) is 0 Å². The van der Waals surface area contributed by atoms with Crippen molar-refractivity contribution in [3.05, 3.63) is 69.7 Å². The second kappa shape index (κ2) is 7.79. The Balaban J connectivity index is 1.90. The first kappa shape index (κ1) is 18.3. The average Bonchev–Trinajstić information content (AvgIpc) is 3.12. The molecule has 2 aromatic rings. The minimum absolute atomic E-state index is 0.0498. The maximum absolute atomic E-state index is 13.9. The van der Waals surface area contributed by atoms with Gasteiger partial charge in [0.25, 0.3) is 5.91 Å². The van der Waals surface area contributed by atoms with Gasteiger partial charge in [0.1, 0.15) is 27.8 Å². The standard InChI is InChI=1S/C20H17BrFN3O/c21-18-9-8-16(22)17(24-18)12-14(13-23)19(26)25-20(10-4-5-11-20)15-6-2-1-3-7-15/h1-3,6-9,12H,4-5,10-11H2,(H,25,26). The number of pyridine rings is 1. The van der Waals surface area contributed by atoms with Crippen LogP contribution in [0.1, 0.15) is 36.9 Å². The number of amides is 1. The zero-order chi connectivity index (χ0) is 18.6. The molecule has 1 aliphatic carbocycles. The highest BCUT2D eigenvalue weighted by molar-refractivity contribution is 9.10. The van der Waals surface area contributed by atoms with Crippen molar-refractivity contribution < 1.29 is 9.18 Å². The topological polar surface area (TPSA) is 65.8 Å². The molecule has 0 aliphatic heterocycles. The Morgan fingerprint density at radius 2 is 1.92 bits per heavy atom. The second-order valence-electron chi connectivity index (χ2n) is 6.28. The third-order valence-corrected chi connectivity index (χ3v) is 5.06. The molecular formula is C20H17BrFN3O. The van der Waals surface area contributed by atoms with Crippen LogP contribution in [0.15, 0.2) is 52.6 Å². The van der Waals surface area contributed by atoms with Gasteiger partial charge in [0.2, 0.25) is 0 Å². The zero-order valence-electron chi connectivity index (χ0n) is 14.0. The number of rotatable bonds is 4. The van der Waals surface area contributed by atoms with Gasteiger partial charge in [-0.05, 0) is 52.5 Å². The summed E-state index contributed by atoms with van der Waals surface area (Å²) < 4.78 is 14.3. The molecule has 1 heterocycles. The van der Waals surface area contributed by atoms with E-state index in [4.69, 9.17) is 0 Å². The summed E-state index contributed by atoms with van der Waals surface area (Å²) in [6, 6.07) is 14.3. The molecule has 1 aromatic heterocycles. The molecule has 0 bridgehead atoms. The molecule has 132 valence electrons. The number of nitriles is 1. The molecule has 6 heteroatoms. The summed E-state index contributed by atoms with van der Waals surface area (Å²) >= 11 is 3.16. The van der Waals surface area contributed by atoms with Crippen LogP contribution in [0.25, 0.3) is 6.08 Å². The fourth-order valence-corrected chi connectivity index (χ4v) is 3.65. The maximum Gasteiger partial charge on any atom is 0.262 e. The number of aromatic nitrogens is 1. The smallest absolute Gasteiger partial charge is 0.262 e. The largest absolute Gasteiger partial charge is 0.342 e. The highest BCUT2D eigenvalue weighted by atomic mass is 79.9. The lowest BCUT2D eigenvalue weighted by molar-refractivity contribution is -0.119. The number of nitrogens with one attached hydrogen (secondary N) is 1. The number of halogens is 2. The van der Waals surface area contributed by atoms with Gasteiger partial charge in [-0.25, -0.2) is 9.37 Å². The first-order valence-electron chi connectivity index (χ1n) is 8.36. The molecule has 26 heavy (non-hydrogen) atoms. The third kappa shape index (κ3) is 3.83. The van der Waals surface area contributed by atoms with Crippen LogP contribution in [0.3, 0.4) is 0 Å². The molecule has 1 aromatic carbocycles. The van der Waals surface area contributed by atoms with Crippen LogP contribution >= 0.6 is 15.9 Å². The molecule has 1 saturated carbocycles. The van der Waals surface area contributed by atoms with Crippen molar-refractivity contribution in [1.82, 2.24) is 10.3 Å². The number of benzene rings is 1. The van der Waals surface area contributed by atoms with Crippen LogP contribution in [-0.4, -0.2) is 10.9 Å². The predicted molar refractivity (Wildman–Crippen MR) is 100 cm³/mol. The van der Waals surface area contributed by atoms with E-state index in [0.717, 1.165) is 31.2 Å². The van der Waals surface area contributed by atoms with Crippen LogP contribution in [0.2, 0.25) is 0 Å². The number of hydrogen-bond donors (Lipinski definition) is 1. The second-order valence-corrected chi connectivity index (χ2v) is 7.09. The van der Waals surface area contributed by atoms with E-state index < -0.39 is 17.3 Å². The maximum atomic E-state index is 13.9. The quantitative estimate of drug-likeness (QED) is 0.456. The number of hydrogen-bond acceptors (Lipinski definition) is 3. The van der Waals surface area contributed by atoms with Gasteiger partial charge >= 0.3 is 0 Å².